The maximum Gasteiger partial charge on any atom is 0.354 e. The predicted molar refractivity (Wildman–Crippen MR) is 86.9 cm³/mol. The van der Waals surface area contributed by atoms with Crippen molar-refractivity contribution in [2.24, 2.45) is 0 Å². The van der Waals surface area contributed by atoms with Gasteiger partial charge in [0.25, 0.3) is 5.91 Å². The molecule has 0 saturated heterocycles. The normalized spacial score (nSPS) is 10.8. The van der Waals surface area contributed by atoms with Gasteiger partial charge in [-0.2, -0.15) is 0 Å². The molecule has 2 aromatic rings. The molecule has 118 valence electrons. The summed E-state index contributed by atoms with van der Waals surface area (Å²) < 4.78 is 9.88. The summed E-state index contributed by atoms with van der Waals surface area (Å²) in [6.07, 6.45) is 1.55. The van der Waals surface area contributed by atoms with E-state index in [1.165, 1.54) is 14.2 Å². The fourth-order valence-corrected chi connectivity index (χ4v) is 1.99. The number of nitrogens with one attached hydrogen (secondary N) is 1. The number of carbonyl (C=O) groups is 2. The molecule has 0 unspecified atom stereocenters. The fraction of sp³-hybridized carbons (Fsp3) is 0.111. The molecule has 5 nitrogen and oxygen atoms in total. The number of amides is 1. The highest BCUT2D eigenvalue weighted by molar-refractivity contribution is 6.04. The Labute approximate surface area is 134 Å². The maximum absolute atomic E-state index is 12.4. The number of carbonyl (C=O) groups excluding carboxylic acids is 2. The fourth-order valence-electron chi connectivity index (χ4n) is 1.99. The van der Waals surface area contributed by atoms with E-state index >= 15 is 0 Å². The summed E-state index contributed by atoms with van der Waals surface area (Å²) in [5, 5.41) is 2.57. The van der Waals surface area contributed by atoms with Gasteiger partial charge in [-0.05, 0) is 23.8 Å². The minimum absolute atomic E-state index is 0.0506. The number of hydrogen-bond donors (Lipinski definition) is 1. The smallest absolute Gasteiger partial charge is 0.354 e. The van der Waals surface area contributed by atoms with Crippen molar-refractivity contribution in [3.8, 4) is 5.75 Å². The molecule has 5 heteroatoms. The monoisotopic (exact) mass is 311 g/mol. The van der Waals surface area contributed by atoms with Gasteiger partial charge in [0.1, 0.15) is 11.4 Å². The van der Waals surface area contributed by atoms with Crippen LogP contribution in [0.25, 0.3) is 6.08 Å². The van der Waals surface area contributed by atoms with Gasteiger partial charge >= 0.3 is 5.97 Å². The lowest BCUT2D eigenvalue weighted by atomic mass is 10.1. The van der Waals surface area contributed by atoms with Crippen LogP contribution in [0.2, 0.25) is 0 Å². The Morgan fingerprint density at radius 3 is 2.26 bits per heavy atom. The number of benzene rings is 2. The summed E-state index contributed by atoms with van der Waals surface area (Å²) in [6.45, 7) is 0. The molecule has 0 aliphatic carbocycles. The van der Waals surface area contributed by atoms with Gasteiger partial charge < -0.3 is 14.8 Å². The number of ether oxygens (including phenoxy) is 2. The molecule has 0 atom stereocenters. The van der Waals surface area contributed by atoms with Crippen molar-refractivity contribution in [3.05, 3.63) is 71.4 Å². The third-order valence-electron chi connectivity index (χ3n) is 3.12. The Morgan fingerprint density at radius 1 is 0.957 bits per heavy atom. The van der Waals surface area contributed by atoms with Crippen LogP contribution in [0.3, 0.4) is 0 Å². The van der Waals surface area contributed by atoms with E-state index in [4.69, 9.17) is 9.47 Å². The molecule has 0 radical (unpaired) electrons. The van der Waals surface area contributed by atoms with E-state index in [9.17, 15) is 9.59 Å². The highest BCUT2D eigenvalue weighted by Gasteiger charge is 2.17. The number of methoxy groups -OCH3 is 2. The Morgan fingerprint density at radius 2 is 1.61 bits per heavy atom. The van der Waals surface area contributed by atoms with Crippen LogP contribution in [0.5, 0.6) is 5.75 Å². The molecule has 2 rings (SSSR count). The van der Waals surface area contributed by atoms with Gasteiger partial charge in [0.15, 0.2) is 0 Å². The Kier molecular flexibility index (Phi) is 5.52. The predicted octanol–water partition coefficient (Wildman–Crippen LogP) is 2.64. The van der Waals surface area contributed by atoms with Gasteiger partial charge in [0.05, 0.1) is 19.8 Å². The number of para-hydroxylation sites is 1. The molecule has 0 saturated carbocycles. The number of rotatable bonds is 5. The largest absolute Gasteiger partial charge is 0.496 e. The van der Waals surface area contributed by atoms with Crippen LogP contribution in [-0.4, -0.2) is 26.1 Å². The van der Waals surface area contributed by atoms with Crippen LogP contribution in [0, 0.1) is 0 Å². The van der Waals surface area contributed by atoms with Gasteiger partial charge in [-0.1, -0.05) is 42.5 Å². The van der Waals surface area contributed by atoms with E-state index in [-0.39, 0.29) is 5.70 Å². The van der Waals surface area contributed by atoms with Gasteiger partial charge in [-0.3, -0.25) is 4.79 Å². The molecule has 0 fully saturated rings. The third kappa shape index (κ3) is 4.20. The van der Waals surface area contributed by atoms with Crippen molar-refractivity contribution in [2.45, 2.75) is 0 Å². The molecule has 2 aromatic carbocycles. The second kappa shape index (κ2) is 7.79. The van der Waals surface area contributed by atoms with E-state index in [0.29, 0.717) is 11.3 Å². The van der Waals surface area contributed by atoms with Crippen LogP contribution >= 0.6 is 0 Å². The summed E-state index contributed by atoms with van der Waals surface area (Å²) in [4.78, 5) is 24.3. The van der Waals surface area contributed by atoms with Crippen molar-refractivity contribution in [1.29, 1.82) is 0 Å². The minimum Gasteiger partial charge on any atom is -0.496 e. The van der Waals surface area contributed by atoms with Crippen LogP contribution in [0.4, 0.5) is 0 Å². The van der Waals surface area contributed by atoms with Crippen molar-refractivity contribution in [3.63, 3.8) is 0 Å². The zero-order valence-electron chi connectivity index (χ0n) is 12.9. The zero-order chi connectivity index (χ0) is 16.7. The van der Waals surface area contributed by atoms with Gasteiger partial charge in [0, 0.05) is 0 Å². The second-order valence-electron chi connectivity index (χ2n) is 4.61. The Balaban J connectivity index is 2.30. The lowest BCUT2D eigenvalue weighted by molar-refractivity contribution is -0.136. The lowest BCUT2D eigenvalue weighted by Crippen LogP contribution is -2.28. The molecule has 0 aliphatic heterocycles. The number of hydrogen-bond acceptors (Lipinski definition) is 4. The summed E-state index contributed by atoms with van der Waals surface area (Å²) in [6, 6.07) is 15.9. The summed E-state index contributed by atoms with van der Waals surface area (Å²) in [7, 11) is 2.74. The second-order valence-corrected chi connectivity index (χ2v) is 4.61. The first-order valence-corrected chi connectivity index (χ1v) is 6.95. The molecule has 0 aliphatic rings. The summed E-state index contributed by atoms with van der Waals surface area (Å²) >= 11 is 0. The summed E-state index contributed by atoms with van der Waals surface area (Å²) in [5.74, 6) is -0.652. The molecule has 0 spiro atoms. The molecule has 0 aromatic heterocycles. The van der Waals surface area contributed by atoms with Crippen molar-refractivity contribution in [1.82, 2.24) is 5.32 Å². The molecule has 23 heavy (non-hydrogen) atoms. The minimum atomic E-state index is -0.628. The Hall–Kier alpha value is -3.08. The molecule has 1 amide bonds. The maximum atomic E-state index is 12.4. The lowest BCUT2D eigenvalue weighted by Gasteiger charge is -2.11. The van der Waals surface area contributed by atoms with Crippen molar-refractivity contribution in [2.75, 3.05) is 14.2 Å². The van der Waals surface area contributed by atoms with Crippen LogP contribution < -0.4 is 10.1 Å². The van der Waals surface area contributed by atoms with E-state index in [1.54, 1.807) is 30.3 Å². The first-order valence-electron chi connectivity index (χ1n) is 6.95. The topological polar surface area (TPSA) is 64.6 Å². The van der Waals surface area contributed by atoms with Crippen LogP contribution in [0.15, 0.2) is 60.3 Å². The van der Waals surface area contributed by atoms with E-state index in [1.807, 2.05) is 30.3 Å². The summed E-state index contributed by atoms with van der Waals surface area (Å²) in [5.41, 5.74) is 1.15. The SMILES string of the molecule is COC(=O)/C(=C/c1ccccc1)NC(=O)c1ccccc1OC. The molecular formula is C18H17NO4. The third-order valence-corrected chi connectivity index (χ3v) is 3.12. The van der Waals surface area contributed by atoms with Crippen LogP contribution in [0.1, 0.15) is 15.9 Å². The average molecular weight is 311 g/mol. The Bertz CT molecular complexity index is 723. The van der Waals surface area contributed by atoms with E-state index in [0.717, 1.165) is 5.56 Å². The highest BCUT2D eigenvalue weighted by atomic mass is 16.5. The average Bonchev–Trinajstić information content (AvgIpc) is 2.61. The molecule has 0 bridgehead atoms. The first-order chi connectivity index (χ1) is 11.2. The van der Waals surface area contributed by atoms with Gasteiger partial charge in [-0.15, -0.1) is 0 Å². The first kappa shape index (κ1) is 16.3. The van der Waals surface area contributed by atoms with Crippen molar-refractivity contribution >= 4 is 18.0 Å². The number of esters is 1. The van der Waals surface area contributed by atoms with Crippen LogP contribution in [-0.2, 0) is 9.53 Å². The molecule has 0 heterocycles. The van der Waals surface area contributed by atoms with Gasteiger partial charge in [-0.25, -0.2) is 4.79 Å². The standard InChI is InChI=1S/C18H17NO4/c1-22-16-11-7-6-10-14(16)17(20)19-15(18(21)23-2)12-13-8-4-3-5-9-13/h3-12H,1-2H3,(H,19,20)/b15-12-. The molecular weight excluding hydrogens is 294 g/mol. The van der Waals surface area contributed by atoms with Crippen molar-refractivity contribution < 1.29 is 19.1 Å². The van der Waals surface area contributed by atoms with Gasteiger partial charge in [0.2, 0.25) is 0 Å². The zero-order valence-corrected chi connectivity index (χ0v) is 12.9. The molecule has 1 N–H and O–H groups in total. The van der Waals surface area contributed by atoms with E-state index in [2.05, 4.69) is 5.32 Å². The van der Waals surface area contributed by atoms with E-state index < -0.39 is 11.9 Å². The highest BCUT2D eigenvalue weighted by Crippen LogP contribution is 2.17. The quantitative estimate of drug-likeness (QED) is 0.681.